The first kappa shape index (κ1) is 106. The molecule has 0 unspecified atom stereocenters. The molecule has 0 radical (unpaired) electrons. The molecule has 9 fully saturated rings. The Hall–Kier alpha value is -9.99. The second-order valence-corrected chi connectivity index (χ2v) is 48.6. The van der Waals surface area contributed by atoms with Crippen LogP contribution >= 0.6 is 0 Å². The Labute approximate surface area is 869 Å². The number of sulfonamides is 1. The molecular formula is C118H164N20O6S2. The highest BCUT2D eigenvalue weighted by Gasteiger charge is 2.44. The van der Waals surface area contributed by atoms with Gasteiger partial charge in [0.2, 0.25) is 10.0 Å². The first-order chi connectivity index (χ1) is 70.3. The van der Waals surface area contributed by atoms with Crippen LogP contribution in [0.15, 0.2) is 204 Å². The number of hydroxylamine groups is 2. The summed E-state index contributed by atoms with van der Waals surface area (Å²) in [6, 6.07) is 71.4. The van der Waals surface area contributed by atoms with Crippen molar-refractivity contribution in [3.05, 3.63) is 205 Å². The van der Waals surface area contributed by atoms with Crippen molar-refractivity contribution >= 4 is 92.1 Å². The van der Waals surface area contributed by atoms with Gasteiger partial charge in [-0.25, -0.2) is 26.6 Å². The van der Waals surface area contributed by atoms with E-state index in [1.807, 2.05) is 57.2 Å². The summed E-state index contributed by atoms with van der Waals surface area (Å²) in [6.07, 6.45) is 19.9. The number of likely N-dealkylation sites (N-methyl/N-ethyl adjacent to an activating group) is 1. The van der Waals surface area contributed by atoms with E-state index in [9.17, 15) is 21.6 Å². The molecule has 784 valence electrons. The number of carbonyl (C=O) groups excluding carboxylic acids is 1. The number of carbonyl (C=O) groups is 1. The number of aromatic nitrogens is 4. The number of nitrogens with zero attached hydrogens (tertiary/aromatic N) is 11. The van der Waals surface area contributed by atoms with Gasteiger partial charge in [0.05, 0.1) is 16.9 Å². The fraction of sp³-hybridized carbons (Fsp3) is 0.517. The molecule has 0 atom stereocenters. The van der Waals surface area contributed by atoms with E-state index in [1.165, 1.54) is 244 Å². The maximum absolute atomic E-state index is 12.8. The van der Waals surface area contributed by atoms with E-state index in [0.29, 0.717) is 64.3 Å². The molecule has 12 aromatic rings. The van der Waals surface area contributed by atoms with E-state index in [-0.39, 0.29) is 10.8 Å². The molecular weight excluding hydrogens is 1860 g/mol. The Morgan fingerprint density at radius 2 is 0.863 bits per heavy atom. The summed E-state index contributed by atoms with van der Waals surface area (Å²) in [5.41, 5.74) is 20.1. The van der Waals surface area contributed by atoms with Crippen LogP contribution in [0.3, 0.4) is 0 Å². The van der Waals surface area contributed by atoms with Crippen molar-refractivity contribution in [2.45, 2.75) is 221 Å². The van der Waals surface area contributed by atoms with Gasteiger partial charge in [0.15, 0.2) is 9.84 Å². The van der Waals surface area contributed by atoms with Gasteiger partial charge in [0.25, 0.3) is 5.91 Å². The van der Waals surface area contributed by atoms with Crippen molar-refractivity contribution in [1.82, 2.24) is 80.4 Å². The van der Waals surface area contributed by atoms with Crippen molar-refractivity contribution in [3.63, 3.8) is 0 Å². The Kier molecular flexibility index (Phi) is 34.4. The van der Waals surface area contributed by atoms with Crippen LogP contribution in [0.2, 0.25) is 0 Å². The second kappa shape index (κ2) is 47.5. The molecule has 26 nitrogen and oxygen atoms in total. The number of aromatic amines is 4. The molecule has 8 saturated heterocycles. The number of hydrogen-bond acceptors (Lipinski definition) is 20. The average molecular weight is 2020 g/mol. The smallest absolute Gasteiger partial charge is 0.277 e. The summed E-state index contributed by atoms with van der Waals surface area (Å²) in [5, 5.41) is 21.1. The highest BCUT2D eigenvalue weighted by atomic mass is 32.2. The Bertz CT molecular complexity index is 6520. The van der Waals surface area contributed by atoms with Gasteiger partial charge in [0.1, 0.15) is 0 Å². The van der Waals surface area contributed by atoms with E-state index in [4.69, 9.17) is 4.84 Å². The molecule has 146 heavy (non-hydrogen) atoms. The average Bonchev–Trinajstić information content (AvgIpc) is 1.16. The largest absolute Gasteiger partial charge is 0.371 e. The fourth-order valence-electron chi connectivity index (χ4n) is 23.6. The topological polar surface area (TPSA) is 254 Å². The van der Waals surface area contributed by atoms with Crippen LogP contribution < -0.4 is 45.6 Å². The molecule has 8 aromatic carbocycles. The lowest BCUT2D eigenvalue weighted by Gasteiger charge is -2.53. The van der Waals surface area contributed by atoms with Crippen molar-refractivity contribution in [2.75, 3.05) is 205 Å². The van der Waals surface area contributed by atoms with Crippen LogP contribution in [0.4, 0.5) is 22.7 Å². The zero-order valence-corrected chi connectivity index (χ0v) is 90.8. The number of likely N-dealkylation sites (tertiary alicyclic amines) is 2. The van der Waals surface area contributed by atoms with Crippen LogP contribution in [0.25, 0.3) is 88.6 Å². The molecule has 9 N–H and O–H groups in total. The lowest BCUT2D eigenvalue weighted by Crippen LogP contribution is -2.64. The fourth-order valence-corrected chi connectivity index (χ4v) is 25.7. The zero-order valence-electron chi connectivity index (χ0n) is 89.1. The van der Waals surface area contributed by atoms with Gasteiger partial charge in [-0.3, -0.25) is 24.3 Å². The van der Waals surface area contributed by atoms with Gasteiger partial charge in [-0.05, 0) is 342 Å². The molecule has 28 heteroatoms. The predicted octanol–water partition coefficient (Wildman–Crippen LogP) is 18.2. The number of para-hydroxylation sites is 1. The maximum atomic E-state index is 12.8. The summed E-state index contributed by atoms with van der Waals surface area (Å²) in [6.45, 7) is 43.5. The van der Waals surface area contributed by atoms with Crippen molar-refractivity contribution in [3.8, 4) is 45.0 Å². The Morgan fingerprint density at radius 3 is 1.35 bits per heavy atom. The number of nitrogens with one attached hydrogen (secondary N) is 9. The summed E-state index contributed by atoms with van der Waals surface area (Å²) in [4.78, 5) is 57.8. The van der Waals surface area contributed by atoms with E-state index in [0.717, 1.165) is 138 Å². The molecule has 0 spiro atoms. The van der Waals surface area contributed by atoms with Crippen LogP contribution in [0, 0.1) is 6.92 Å². The molecule has 1 saturated carbocycles. The van der Waals surface area contributed by atoms with Gasteiger partial charge >= 0.3 is 0 Å². The van der Waals surface area contributed by atoms with Crippen molar-refractivity contribution in [2.24, 2.45) is 0 Å². The molecule has 21 rings (SSSR count). The van der Waals surface area contributed by atoms with Crippen LogP contribution in [0.1, 0.15) is 161 Å². The van der Waals surface area contributed by atoms with Gasteiger partial charge < -0.3 is 75.5 Å². The summed E-state index contributed by atoms with van der Waals surface area (Å²) >= 11 is 0. The molecule has 1 amide bonds. The first-order valence-electron chi connectivity index (χ1n) is 54.6. The third kappa shape index (κ3) is 26.7. The molecule has 1 aliphatic carbocycles. The second-order valence-electron chi connectivity index (χ2n) is 44.9. The summed E-state index contributed by atoms with van der Waals surface area (Å²) in [5.74, 6) is -0.161. The minimum atomic E-state index is -3.58. The number of piperidine rings is 6. The third-order valence-electron chi connectivity index (χ3n) is 32.9. The number of piperazine rings is 2. The van der Waals surface area contributed by atoms with E-state index >= 15 is 0 Å². The van der Waals surface area contributed by atoms with Gasteiger partial charge in [-0.15, -0.1) is 0 Å². The molecule has 4 aromatic heterocycles. The van der Waals surface area contributed by atoms with Crippen molar-refractivity contribution in [1.29, 1.82) is 0 Å². The molecule has 8 aliphatic heterocycles. The van der Waals surface area contributed by atoms with E-state index < -0.39 is 25.4 Å². The lowest BCUT2D eigenvalue weighted by molar-refractivity contribution is -0.0756. The van der Waals surface area contributed by atoms with Crippen molar-refractivity contribution < 1.29 is 26.5 Å². The van der Waals surface area contributed by atoms with Gasteiger partial charge in [-0.1, -0.05) is 66.7 Å². The highest BCUT2D eigenvalue weighted by Crippen LogP contribution is 2.41. The molecule has 12 heterocycles. The number of amides is 1. The minimum absolute atomic E-state index is 0.161. The number of fused-ring (bicyclic) bond motifs is 4. The number of H-pyrrole nitrogens is 4. The lowest BCUT2D eigenvalue weighted by atomic mass is 9.74. The first-order valence-corrected chi connectivity index (χ1v) is 58.0. The monoisotopic (exact) mass is 2020 g/mol. The molecule has 0 bridgehead atoms. The number of benzene rings is 8. The quantitative estimate of drug-likeness (QED) is 0.0217. The SMILES string of the molecule is CC(C)N1CCC(NC2CCN(c3cccc(-c4cc5cc(S(=O)(=O)NC(C)(C)C)ccc5[nH]4)c3)CC2)CC1.CN1CCN(C2(CNC3CCN(c4cccc(-c5cc6cc(S(C)(=O)=O)ccc6[nH]5)c4)CC3)CCC2)CC1.CON(C)C(=O)c1ccc2[nH]c(-c3cccc(N4CCC(NCCN5CCN(C(C)C)CC5)CC4)c3)cc2c1.Cc1c(-c2cc3ccccc3[nH]2)cccc1N1CCC(NC2CCN(C)CC2)CC1. The van der Waals surface area contributed by atoms with Gasteiger partial charge in [0, 0.05) is 297 Å². The summed E-state index contributed by atoms with van der Waals surface area (Å²) in [7, 11) is 0.782. The van der Waals surface area contributed by atoms with Crippen LogP contribution in [-0.4, -0.2) is 322 Å². The number of hydrogen-bond donors (Lipinski definition) is 9. The number of rotatable bonds is 27. The maximum Gasteiger partial charge on any atom is 0.277 e. The standard InChI is InChI=1S/C31H44N6O2.C31H45N5O2S.C30H41N5O2S.C26H34N4/c1-23(2)36-18-16-35(17-19-36)15-12-32-27-10-13-37(14-11-27)28-7-5-6-24(21-28)30-22-26-20-25(8-9-29(26)33-30)31(38)34(3)39-4;1-22(2)35-15-11-25(12-16-35)32-26-13-17-36(18-14-26)27-8-6-7-23(19-27)30-21-24-20-28(9-10-29(24)33-30)39(37,38)34-31(3,4)5;1-33-15-17-35(18-16-33)30(11-4-12-30)22-31-25-9-13-34(14-10-25)26-6-3-5-23(19-26)29-21-24-20-27(38(2,36)37)7-8-28(24)32-29;1-19-23(25-18-20-6-3-4-8-24(20)28-25)7-5-9-26(19)30-16-12-22(13-17-30)27-21-10-14-29(2)15-11-21/h5-9,20-23,27,32-33H,10-19H2,1-4H3;6-10,19-22,25-26,32-34H,11-18H2,1-5H3;3,5-8,19-21,25,31-32H,4,9-18,22H2,1-2H3;3-9,18,21-22,27-28H,10-17H2,1-2H3. The highest BCUT2D eigenvalue weighted by molar-refractivity contribution is 7.90. The normalized spacial score (nSPS) is 19.4. The summed E-state index contributed by atoms with van der Waals surface area (Å²) < 4.78 is 52.3. The Balaban J connectivity index is 0.000000128. The minimum Gasteiger partial charge on any atom is -0.371 e. The van der Waals surface area contributed by atoms with E-state index in [1.54, 1.807) is 31.3 Å². The third-order valence-corrected chi connectivity index (χ3v) is 35.8. The van der Waals surface area contributed by atoms with Gasteiger partial charge in [-0.2, -0.15) is 0 Å². The van der Waals surface area contributed by atoms with Crippen LogP contribution in [-0.2, 0) is 24.7 Å². The number of sulfone groups is 1. The van der Waals surface area contributed by atoms with Crippen LogP contribution in [0.5, 0.6) is 0 Å². The molecule has 9 aliphatic rings. The number of anilines is 4. The predicted molar refractivity (Wildman–Crippen MR) is 604 cm³/mol. The van der Waals surface area contributed by atoms with E-state index in [2.05, 4.69) is 277 Å². The zero-order chi connectivity index (χ0) is 102. The Morgan fingerprint density at radius 1 is 0.438 bits per heavy atom.